The topological polar surface area (TPSA) is 78.9 Å². The lowest BCUT2D eigenvalue weighted by Crippen LogP contribution is -2.05. The van der Waals surface area contributed by atoms with Gasteiger partial charge >= 0.3 is 5.97 Å². The summed E-state index contributed by atoms with van der Waals surface area (Å²) < 4.78 is 21.0. The van der Waals surface area contributed by atoms with Crippen LogP contribution >= 0.6 is 0 Å². The number of nitrogens with zero attached hydrogens (tertiary/aromatic N) is 1. The van der Waals surface area contributed by atoms with Crippen LogP contribution in [0, 0.1) is 0 Å². The zero-order chi connectivity index (χ0) is 19.4. The lowest BCUT2D eigenvalue weighted by atomic mass is 10.1. The molecule has 1 aromatic heterocycles. The largest absolute Gasteiger partial charge is 0.493 e. The number of esters is 1. The van der Waals surface area contributed by atoms with Gasteiger partial charge in [-0.15, -0.1) is 0 Å². The molecule has 0 saturated heterocycles. The van der Waals surface area contributed by atoms with E-state index in [9.17, 15) is 4.79 Å². The number of fused-ring (bicyclic) bond motifs is 1. The Bertz CT molecular complexity index is 962. The quantitative estimate of drug-likeness (QED) is 0.663. The van der Waals surface area contributed by atoms with Crippen LogP contribution in [0.1, 0.15) is 10.4 Å². The van der Waals surface area contributed by atoms with Crippen LogP contribution in [0.25, 0.3) is 10.8 Å². The van der Waals surface area contributed by atoms with Crippen LogP contribution in [0.4, 0.5) is 11.5 Å². The molecule has 2 aromatic carbocycles. The number of anilines is 2. The molecule has 0 aliphatic carbocycles. The van der Waals surface area contributed by atoms with Crippen molar-refractivity contribution in [2.24, 2.45) is 0 Å². The Morgan fingerprint density at radius 3 is 2.11 bits per heavy atom. The predicted molar refractivity (Wildman–Crippen MR) is 102 cm³/mol. The van der Waals surface area contributed by atoms with Crippen molar-refractivity contribution in [1.29, 1.82) is 0 Å². The van der Waals surface area contributed by atoms with Crippen molar-refractivity contribution in [3.63, 3.8) is 0 Å². The smallest absolute Gasteiger partial charge is 0.340 e. The Morgan fingerprint density at radius 1 is 0.926 bits per heavy atom. The number of rotatable bonds is 6. The molecule has 3 aromatic rings. The van der Waals surface area contributed by atoms with Gasteiger partial charge in [-0.2, -0.15) is 0 Å². The third-order valence-corrected chi connectivity index (χ3v) is 4.13. The summed E-state index contributed by atoms with van der Waals surface area (Å²) in [6.07, 6.45) is 1.49. The minimum absolute atomic E-state index is 0.406. The van der Waals surface area contributed by atoms with E-state index in [0.717, 1.165) is 10.8 Å². The number of nitrogens with one attached hydrogen (secondary N) is 1. The first kappa shape index (κ1) is 18.3. The second kappa shape index (κ2) is 7.82. The number of aromatic nitrogens is 1. The van der Waals surface area contributed by atoms with Crippen molar-refractivity contribution in [1.82, 2.24) is 4.98 Å². The molecular formula is C20H20N2O5. The number of hydrogen-bond acceptors (Lipinski definition) is 7. The minimum atomic E-state index is -0.432. The van der Waals surface area contributed by atoms with Crippen molar-refractivity contribution >= 4 is 28.2 Å². The Labute approximate surface area is 156 Å². The predicted octanol–water partition coefficient (Wildman–Crippen LogP) is 3.79. The van der Waals surface area contributed by atoms with E-state index in [4.69, 9.17) is 18.9 Å². The third-order valence-electron chi connectivity index (χ3n) is 4.13. The molecule has 0 aliphatic heterocycles. The highest BCUT2D eigenvalue weighted by Gasteiger charge is 2.16. The summed E-state index contributed by atoms with van der Waals surface area (Å²) in [4.78, 5) is 16.4. The zero-order valence-electron chi connectivity index (χ0n) is 15.5. The van der Waals surface area contributed by atoms with Gasteiger partial charge < -0.3 is 24.3 Å². The molecule has 3 rings (SSSR count). The summed E-state index contributed by atoms with van der Waals surface area (Å²) in [7, 11) is 6.01. The molecule has 0 atom stereocenters. The van der Waals surface area contributed by atoms with E-state index < -0.39 is 5.97 Å². The van der Waals surface area contributed by atoms with E-state index >= 15 is 0 Å². The second-order valence-corrected chi connectivity index (χ2v) is 5.60. The van der Waals surface area contributed by atoms with Gasteiger partial charge in [0.15, 0.2) is 11.5 Å². The van der Waals surface area contributed by atoms with Crippen molar-refractivity contribution in [3.8, 4) is 17.2 Å². The first-order chi connectivity index (χ1) is 13.1. The second-order valence-electron chi connectivity index (χ2n) is 5.60. The maximum atomic E-state index is 12.0. The first-order valence-electron chi connectivity index (χ1n) is 8.16. The molecule has 0 bridgehead atoms. The van der Waals surface area contributed by atoms with Gasteiger partial charge in [-0.1, -0.05) is 24.3 Å². The number of methoxy groups -OCH3 is 4. The number of pyridine rings is 1. The number of benzene rings is 2. The third kappa shape index (κ3) is 3.44. The average Bonchev–Trinajstić information content (AvgIpc) is 2.72. The van der Waals surface area contributed by atoms with E-state index in [1.807, 2.05) is 24.3 Å². The molecule has 0 saturated carbocycles. The van der Waals surface area contributed by atoms with E-state index in [1.165, 1.54) is 13.3 Å². The number of carbonyl (C=O) groups is 1. The average molecular weight is 368 g/mol. The summed E-state index contributed by atoms with van der Waals surface area (Å²) in [5.74, 6) is 1.71. The van der Waals surface area contributed by atoms with Gasteiger partial charge in [0, 0.05) is 34.8 Å². The van der Waals surface area contributed by atoms with Crippen molar-refractivity contribution < 1.29 is 23.7 Å². The van der Waals surface area contributed by atoms with Crippen molar-refractivity contribution in [3.05, 3.63) is 48.2 Å². The molecule has 0 radical (unpaired) electrons. The van der Waals surface area contributed by atoms with Crippen LogP contribution in [0.15, 0.2) is 42.6 Å². The van der Waals surface area contributed by atoms with Crippen LogP contribution in [0.2, 0.25) is 0 Å². The van der Waals surface area contributed by atoms with E-state index in [1.54, 1.807) is 33.5 Å². The van der Waals surface area contributed by atoms with Gasteiger partial charge in [-0.25, -0.2) is 9.78 Å². The van der Waals surface area contributed by atoms with E-state index in [0.29, 0.717) is 34.3 Å². The first-order valence-corrected chi connectivity index (χ1v) is 8.16. The summed E-state index contributed by atoms with van der Waals surface area (Å²) in [6.45, 7) is 0. The molecule has 0 amide bonds. The standard InChI is InChI=1S/C20H20N2O5/c1-24-16-9-12(10-17(25-2)18(16)26-3)22-19-14-8-6-5-7-13(14)15(11-21-19)20(23)27-4/h5-11H,1-4H3,(H,21,22). The molecule has 1 N–H and O–H groups in total. The molecule has 27 heavy (non-hydrogen) atoms. The van der Waals surface area contributed by atoms with Crippen LogP contribution in [-0.4, -0.2) is 39.4 Å². The number of carbonyl (C=O) groups excluding carboxylic acids is 1. The van der Waals surface area contributed by atoms with Crippen LogP contribution in [0.3, 0.4) is 0 Å². The molecule has 1 heterocycles. The maximum absolute atomic E-state index is 12.0. The Balaban J connectivity index is 2.09. The fourth-order valence-corrected chi connectivity index (χ4v) is 2.85. The van der Waals surface area contributed by atoms with E-state index in [2.05, 4.69) is 10.3 Å². The minimum Gasteiger partial charge on any atom is -0.493 e. The van der Waals surface area contributed by atoms with Gasteiger partial charge in [0.05, 0.1) is 34.0 Å². The van der Waals surface area contributed by atoms with Gasteiger partial charge in [-0.3, -0.25) is 0 Å². The lowest BCUT2D eigenvalue weighted by Gasteiger charge is -2.16. The van der Waals surface area contributed by atoms with Crippen molar-refractivity contribution in [2.45, 2.75) is 0 Å². The normalized spacial score (nSPS) is 10.4. The van der Waals surface area contributed by atoms with Gasteiger partial charge in [-0.05, 0) is 0 Å². The molecule has 0 aliphatic rings. The molecule has 0 spiro atoms. The van der Waals surface area contributed by atoms with Crippen molar-refractivity contribution in [2.75, 3.05) is 33.8 Å². The number of ether oxygens (including phenoxy) is 4. The zero-order valence-corrected chi connectivity index (χ0v) is 15.5. The van der Waals surface area contributed by atoms with Crippen LogP contribution < -0.4 is 19.5 Å². The van der Waals surface area contributed by atoms with Gasteiger partial charge in [0.2, 0.25) is 5.75 Å². The highest BCUT2D eigenvalue weighted by atomic mass is 16.5. The molecular weight excluding hydrogens is 348 g/mol. The Kier molecular flexibility index (Phi) is 5.30. The summed E-state index contributed by atoms with van der Waals surface area (Å²) in [5, 5.41) is 4.78. The lowest BCUT2D eigenvalue weighted by molar-refractivity contribution is 0.0602. The summed E-state index contributed by atoms with van der Waals surface area (Å²) in [5.41, 5.74) is 1.11. The summed E-state index contributed by atoms with van der Waals surface area (Å²) in [6, 6.07) is 11.0. The SMILES string of the molecule is COC(=O)c1cnc(Nc2cc(OC)c(OC)c(OC)c2)c2ccccc12. The molecule has 7 nitrogen and oxygen atoms in total. The van der Waals surface area contributed by atoms with E-state index in [-0.39, 0.29) is 0 Å². The Morgan fingerprint density at radius 2 is 1.56 bits per heavy atom. The highest BCUT2D eigenvalue weighted by Crippen LogP contribution is 2.41. The maximum Gasteiger partial charge on any atom is 0.340 e. The number of hydrogen-bond donors (Lipinski definition) is 1. The van der Waals surface area contributed by atoms with Crippen LogP contribution in [-0.2, 0) is 4.74 Å². The Hall–Kier alpha value is -3.48. The fraction of sp³-hybridized carbons (Fsp3) is 0.200. The summed E-state index contributed by atoms with van der Waals surface area (Å²) >= 11 is 0. The molecule has 7 heteroatoms. The monoisotopic (exact) mass is 368 g/mol. The molecule has 140 valence electrons. The van der Waals surface area contributed by atoms with Gasteiger partial charge in [0.1, 0.15) is 5.82 Å². The highest BCUT2D eigenvalue weighted by molar-refractivity contribution is 6.07. The van der Waals surface area contributed by atoms with Crippen LogP contribution in [0.5, 0.6) is 17.2 Å². The fourth-order valence-electron chi connectivity index (χ4n) is 2.85. The van der Waals surface area contributed by atoms with Gasteiger partial charge in [0.25, 0.3) is 0 Å². The molecule has 0 unspecified atom stereocenters. The molecule has 0 fully saturated rings.